The van der Waals surface area contributed by atoms with Gasteiger partial charge in [0, 0.05) is 41.9 Å². The van der Waals surface area contributed by atoms with Crippen molar-refractivity contribution in [3.63, 3.8) is 0 Å². The zero-order valence-electron chi connectivity index (χ0n) is 17.9. The molecule has 1 amide bonds. The Balaban J connectivity index is 1.85. The van der Waals surface area contributed by atoms with Crippen LogP contribution in [0.1, 0.15) is 16.1 Å². The molecule has 0 spiro atoms. The van der Waals surface area contributed by atoms with E-state index in [1.807, 2.05) is 0 Å². The van der Waals surface area contributed by atoms with Crippen LogP contribution in [0, 0.1) is 5.82 Å². The van der Waals surface area contributed by atoms with Crippen LogP contribution in [0.3, 0.4) is 0 Å². The standard InChI is InChI=1S/C21H18ClFN4O5S2/c1-24-21(28)18-13-7-17(31-9-15-20(22)33-27-26-15)14(25-10-34(2,29)30)8-16(13)32-19(18)11-3-5-12(23)6-4-11/h3-8,25H,9-10H2,1-2H3,(H,24,28). The molecule has 0 aliphatic rings. The van der Waals surface area contributed by atoms with E-state index < -0.39 is 21.6 Å². The maximum Gasteiger partial charge on any atom is 0.255 e. The molecule has 13 heteroatoms. The Morgan fingerprint density at radius 2 is 2.00 bits per heavy atom. The summed E-state index contributed by atoms with van der Waals surface area (Å²) in [5, 5.41) is 9.72. The molecule has 2 aromatic carbocycles. The molecule has 0 atom stereocenters. The fourth-order valence-electron chi connectivity index (χ4n) is 3.17. The van der Waals surface area contributed by atoms with Gasteiger partial charge < -0.3 is 19.8 Å². The Morgan fingerprint density at radius 1 is 1.26 bits per heavy atom. The van der Waals surface area contributed by atoms with E-state index in [4.69, 9.17) is 20.8 Å². The number of nitrogens with one attached hydrogen (secondary N) is 2. The molecule has 4 aromatic rings. The van der Waals surface area contributed by atoms with E-state index in [9.17, 15) is 17.6 Å². The van der Waals surface area contributed by atoms with Gasteiger partial charge in [0.05, 0.1) is 11.3 Å². The fraction of sp³-hybridized carbons (Fsp3) is 0.190. The summed E-state index contributed by atoms with van der Waals surface area (Å²) in [7, 11) is -1.88. The van der Waals surface area contributed by atoms with Crippen LogP contribution in [-0.2, 0) is 16.4 Å². The number of amides is 1. The van der Waals surface area contributed by atoms with E-state index in [2.05, 4.69) is 20.2 Å². The molecule has 0 aliphatic heterocycles. The van der Waals surface area contributed by atoms with E-state index >= 15 is 0 Å². The number of ether oxygens (including phenoxy) is 1. The monoisotopic (exact) mass is 524 g/mol. The highest BCUT2D eigenvalue weighted by atomic mass is 35.5. The highest BCUT2D eigenvalue weighted by molar-refractivity contribution is 7.90. The summed E-state index contributed by atoms with van der Waals surface area (Å²) < 4.78 is 52.9. The van der Waals surface area contributed by atoms with E-state index in [1.54, 1.807) is 6.07 Å². The van der Waals surface area contributed by atoms with E-state index in [0.717, 1.165) is 17.8 Å². The Morgan fingerprint density at radius 3 is 2.62 bits per heavy atom. The first-order valence-electron chi connectivity index (χ1n) is 9.76. The van der Waals surface area contributed by atoms with Gasteiger partial charge >= 0.3 is 0 Å². The average molecular weight is 525 g/mol. The highest BCUT2D eigenvalue weighted by Gasteiger charge is 2.24. The molecular formula is C21H18ClFN4O5S2. The van der Waals surface area contributed by atoms with Crippen LogP contribution in [0.15, 0.2) is 40.8 Å². The zero-order chi connectivity index (χ0) is 24.5. The SMILES string of the molecule is CNC(=O)c1c(-c2ccc(F)cc2)oc2cc(NCS(C)(=O)=O)c(OCc3nnsc3Cl)cc12. The normalized spacial score (nSPS) is 11.5. The van der Waals surface area contributed by atoms with E-state index in [0.29, 0.717) is 32.3 Å². The Kier molecular flexibility index (Phi) is 6.73. The minimum atomic E-state index is -3.36. The quantitative estimate of drug-likeness (QED) is 0.353. The maximum absolute atomic E-state index is 13.4. The molecule has 0 fully saturated rings. The van der Waals surface area contributed by atoms with E-state index in [1.165, 1.54) is 37.4 Å². The van der Waals surface area contributed by atoms with Crippen LogP contribution >= 0.6 is 23.1 Å². The third kappa shape index (κ3) is 5.13. The minimum Gasteiger partial charge on any atom is -0.485 e. The Bertz CT molecular complexity index is 1470. The van der Waals surface area contributed by atoms with Crippen molar-refractivity contribution in [3.05, 3.63) is 57.8 Å². The second kappa shape index (κ2) is 9.57. The molecule has 0 unspecified atom stereocenters. The molecule has 0 radical (unpaired) electrons. The number of hydrogen-bond acceptors (Lipinski definition) is 9. The molecule has 2 N–H and O–H groups in total. The molecule has 0 aliphatic carbocycles. The Labute approximate surface area is 203 Å². The largest absolute Gasteiger partial charge is 0.485 e. The summed E-state index contributed by atoms with van der Waals surface area (Å²) in [5.41, 5.74) is 1.74. The van der Waals surface area contributed by atoms with Crippen LogP contribution < -0.4 is 15.4 Å². The van der Waals surface area contributed by atoms with Crippen molar-refractivity contribution in [3.8, 4) is 17.1 Å². The molecular weight excluding hydrogens is 507 g/mol. The molecule has 0 saturated heterocycles. The van der Waals surface area contributed by atoms with Crippen LogP contribution in [-0.4, -0.2) is 43.1 Å². The summed E-state index contributed by atoms with van der Waals surface area (Å²) in [6.07, 6.45) is 1.09. The number of fused-ring (bicyclic) bond motifs is 1. The summed E-state index contributed by atoms with van der Waals surface area (Å²) in [6, 6.07) is 8.61. The first kappa shape index (κ1) is 23.9. The molecule has 0 saturated carbocycles. The first-order valence-corrected chi connectivity index (χ1v) is 13.0. The smallest absolute Gasteiger partial charge is 0.255 e. The number of benzene rings is 2. The lowest BCUT2D eigenvalue weighted by atomic mass is 10.0. The molecule has 2 aromatic heterocycles. The number of rotatable bonds is 8. The number of nitrogens with zero attached hydrogens (tertiary/aromatic N) is 2. The summed E-state index contributed by atoms with van der Waals surface area (Å²) in [5.74, 6) is -0.738. The van der Waals surface area contributed by atoms with Gasteiger partial charge in [-0.2, -0.15) is 0 Å². The van der Waals surface area contributed by atoms with Gasteiger partial charge in [0.15, 0.2) is 9.84 Å². The molecule has 178 valence electrons. The lowest BCUT2D eigenvalue weighted by Gasteiger charge is -2.13. The third-order valence-corrected chi connectivity index (χ3v) is 6.40. The van der Waals surface area contributed by atoms with Crippen LogP contribution in [0.25, 0.3) is 22.3 Å². The molecule has 2 heterocycles. The van der Waals surface area contributed by atoms with Gasteiger partial charge in [-0.15, -0.1) is 5.10 Å². The van der Waals surface area contributed by atoms with Crippen molar-refractivity contribution in [2.45, 2.75) is 6.61 Å². The van der Waals surface area contributed by atoms with Gasteiger partial charge in [-0.1, -0.05) is 16.1 Å². The second-order valence-corrected chi connectivity index (χ2v) is 10.8. The van der Waals surface area contributed by atoms with Gasteiger partial charge in [0.25, 0.3) is 5.91 Å². The first-order chi connectivity index (χ1) is 16.2. The van der Waals surface area contributed by atoms with Gasteiger partial charge in [-0.05, 0) is 30.3 Å². The van der Waals surface area contributed by atoms with Crippen molar-refractivity contribution >= 4 is 55.5 Å². The van der Waals surface area contributed by atoms with Crippen LogP contribution in [0.5, 0.6) is 5.75 Å². The van der Waals surface area contributed by atoms with Gasteiger partial charge in [-0.25, -0.2) is 12.8 Å². The van der Waals surface area contributed by atoms with Crippen molar-refractivity contribution < 1.29 is 26.8 Å². The maximum atomic E-state index is 13.4. The molecule has 0 bridgehead atoms. The van der Waals surface area contributed by atoms with Crippen LogP contribution in [0.4, 0.5) is 10.1 Å². The van der Waals surface area contributed by atoms with E-state index in [-0.39, 0.29) is 29.6 Å². The van der Waals surface area contributed by atoms with Gasteiger partial charge in [-0.3, -0.25) is 4.79 Å². The third-order valence-electron chi connectivity index (χ3n) is 4.75. The van der Waals surface area contributed by atoms with Gasteiger partial charge in [0.1, 0.15) is 45.4 Å². The number of aromatic nitrogens is 2. The summed E-state index contributed by atoms with van der Waals surface area (Å²) >= 11 is 7.06. The number of furan rings is 1. The number of halogens is 2. The second-order valence-electron chi connectivity index (χ2n) is 7.27. The molecule has 4 rings (SSSR count). The van der Waals surface area contributed by atoms with Crippen molar-refractivity contribution in [1.29, 1.82) is 0 Å². The van der Waals surface area contributed by atoms with Gasteiger partial charge in [0.2, 0.25) is 0 Å². The number of anilines is 1. The van der Waals surface area contributed by atoms with Crippen molar-refractivity contribution in [2.24, 2.45) is 0 Å². The number of carbonyl (C=O) groups is 1. The zero-order valence-corrected chi connectivity index (χ0v) is 20.3. The number of sulfone groups is 1. The summed E-state index contributed by atoms with van der Waals surface area (Å²) in [4.78, 5) is 12.8. The highest BCUT2D eigenvalue weighted by Crippen LogP contribution is 2.39. The van der Waals surface area contributed by atoms with Crippen molar-refractivity contribution in [1.82, 2.24) is 14.9 Å². The van der Waals surface area contributed by atoms with Crippen LogP contribution in [0.2, 0.25) is 4.34 Å². The average Bonchev–Trinajstić information content (AvgIpc) is 3.38. The minimum absolute atomic E-state index is 0.0353. The predicted molar refractivity (Wildman–Crippen MR) is 128 cm³/mol. The Hall–Kier alpha value is -3.22. The summed E-state index contributed by atoms with van der Waals surface area (Å²) in [6.45, 7) is -0.0353. The predicted octanol–water partition coefficient (Wildman–Crippen LogP) is 4.10. The number of carbonyl (C=O) groups excluding carboxylic acids is 1. The number of hydrogen-bond donors (Lipinski definition) is 2. The molecule has 9 nitrogen and oxygen atoms in total. The topological polar surface area (TPSA) is 123 Å². The lowest BCUT2D eigenvalue weighted by molar-refractivity contribution is 0.0964. The van der Waals surface area contributed by atoms with Crippen molar-refractivity contribution in [2.75, 3.05) is 24.5 Å². The fourth-order valence-corrected chi connectivity index (χ4v) is 4.19. The molecule has 34 heavy (non-hydrogen) atoms. The lowest BCUT2D eigenvalue weighted by Crippen LogP contribution is -2.18.